The summed E-state index contributed by atoms with van der Waals surface area (Å²) >= 11 is 0. The van der Waals surface area contributed by atoms with E-state index in [1.165, 1.54) is 0 Å². The summed E-state index contributed by atoms with van der Waals surface area (Å²) in [5, 5.41) is 0. The molecule has 0 radical (unpaired) electrons. The van der Waals surface area contributed by atoms with Crippen molar-refractivity contribution in [2.45, 2.75) is 18.9 Å². The van der Waals surface area contributed by atoms with Crippen LogP contribution >= 0.6 is 0 Å². The minimum Gasteiger partial charge on any atom is -1.00 e. The van der Waals surface area contributed by atoms with Crippen molar-refractivity contribution >= 4 is 10.1 Å². The summed E-state index contributed by atoms with van der Waals surface area (Å²) in [4.78, 5) is 0. The Bertz CT molecular complexity index is 472. The number of para-hydroxylation sites is 1. The molecule has 1 fully saturated rings. The van der Waals surface area contributed by atoms with Crippen LogP contribution < -0.4 is 33.7 Å². The fourth-order valence-corrected chi connectivity index (χ4v) is 2.29. The third kappa shape index (κ3) is 4.26. The van der Waals surface area contributed by atoms with Crippen molar-refractivity contribution in [1.82, 2.24) is 0 Å². The largest absolute Gasteiger partial charge is 1.00 e. The van der Waals surface area contributed by atoms with E-state index in [1.54, 1.807) is 12.1 Å². The van der Waals surface area contributed by atoms with Crippen LogP contribution in [0.4, 0.5) is 0 Å². The first-order valence-electron chi connectivity index (χ1n) is 5.16. The minimum absolute atomic E-state index is 0. The van der Waals surface area contributed by atoms with Crippen molar-refractivity contribution < 1.29 is 48.3 Å². The van der Waals surface area contributed by atoms with Crippen molar-refractivity contribution in [1.29, 1.82) is 0 Å². The van der Waals surface area contributed by atoms with Crippen LogP contribution in [0.15, 0.2) is 24.3 Å². The number of ether oxygens (including phenoxy) is 1. The van der Waals surface area contributed by atoms with E-state index in [0.717, 1.165) is 31.3 Å². The first kappa shape index (κ1) is 15.0. The van der Waals surface area contributed by atoms with E-state index in [-0.39, 0.29) is 37.1 Å². The van der Waals surface area contributed by atoms with Crippen LogP contribution in [0.2, 0.25) is 0 Å². The van der Waals surface area contributed by atoms with Crippen LogP contribution in [0, 0.1) is 0 Å². The summed E-state index contributed by atoms with van der Waals surface area (Å²) in [6, 6.07) is 7.10. The van der Waals surface area contributed by atoms with Gasteiger partial charge in [-0.05, 0) is 18.9 Å². The number of hydrogen-bond acceptors (Lipinski definition) is 4. The number of benzene rings is 1. The maximum absolute atomic E-state index is 11.1. The fourth-order valence-electron chi connectivity index (χ4n) is 1.81. The second-order valence-corrected chi connectivity index (χ2v) is 5.40. The average Bonchev–Trinajstić information content (AvgIpc) is 2.69. The standard InChI is InChI=1S/C11H14O4S.Na.H/c1-16(12,13)15-11-6-3-2-5-9(11)10-7-4-8-14-10;;/h2-3,5-6,10H,4,7-8H2,1H3;;/q;+1;-1. The Morgan fingerprint density at radius 3 is 2.71 bits per heavy atom. The van der Waals surface area contributed by atoms with Gasteiger partial charge in [-0.3, -0.25) is 0 Å². The Labute approximate surface area is 125 Å². The molecule has 1 heterocycles. The Morgan fingerprint density at radius 1 is 1.41 bits per heavy atom. The molecule has 0 bridgehead atoms. The molecule has 4 nitrogen and oxygen atoms in total. The monoisotopic (exact) mass is 266 g/mol. The summed E-state index contributed by atoms with van der Waals surface area (Å²) in [5.74, 6) is 0.372. The molecule has 1 unspecified atom stereocenters. The van der Waals surface area contributed by atoms with Crippen LogP contribution in [-0.4, -0.2) is 21.3 Å². The van der Waals surface area contributed by atoms with Crippen LogP contribution in [0.25, 0.3) is 0 Å². The fraction of sp³-hybridized carbons (Fsp3) is 0.455. The Hall–Kier alpha value is -0.0700. The molecule has 1 aromatic rings. The van der Waals surface area contributed by atoms with Crippen LogP contribution in [0.1, 0.15) is 25.9 Å². The van der Waals surface area contributed by atoms with Gasteiger partial charge < -0.3 is 10.3 Å². The van der Waals surface area contributed by atoms with Gasteiger partial charge in [0.25, 0.3) is 0 Å². The second kappa shape index (κ2) is 6.20. The van der Waals surface area contributed by atoms with Gasteiger partial charge in [-0.15, -0.1) is 0 Å². The minimum atomic E-state index is -3.48. The zero-order valence-corrected chi connectivity index (χ0v) is 12.9. The van der Waals surface area contributed by atoms with Gasteiger partial charge in [0.15, 0.2) is 0 Å². The molecule has 1 atom stereocenters. The van der Waals surface area contributed by atoms with E-state index in [4.69, 9.17) is 8.92 Å². The van der Waals surface area contributed by atoms with Crippen LogP contribution in [0.5, 0.6) is 5.75 Å². The van der Waals surface area contributed by atoms with Crippen molar-refractivity contribution in [2.24, 2.45) is 0 Å². The molecule has 1 aromatic carbocycles. The molecule has 2 rings (SSSR count). The summed E-state index contributed by atoms with van der Waals surface area (Å²) in [7, 11) is -3.48. The normalized spacial score (nSPS) is 19.7. The van der Waals surface area contributed by atoms with Crippen molar-refractivity contribution in [3.8, 4) is 5.75 Å². The molecule has 1 aliphatic rings. The van der Waals surface area contributed by atoms with Crippen molar-refractivity contribution in [3.05, 3.63) is 29.8 Å². The molecule has 17 heavy (non-hydrogen) atoms. The molecule has 1 saturated heterocycles. The van der Waals surface area contributed by atoms with Crippen LogP contribution in [-0.2, 0) is 14.9 Å². The summed E-state index contributed by atoms with van der Waals surface area (Å²) in [6.07, 6.45) is 2.90. The molecular weight excluding hydrogens is 251 g/mol. The quantitative estimate of drug-likeness (QED) is 0.520. The molecule has 0 aromatic heterocycles. The Morgan fingerprint density at radius 2 is 2.12 bits per heavy atom. The molecule has 6 heteroatoms. The van der Waals surface area contributed by atoms with Gasteiger partial charge in [-0.1, -0.05) is 18.2 Å². The summed E-state index contributed by atoms with van der Waals surface area (Å²) < 4.78 is 32.7. The number of rotatable bonds is 3. The zero-order chi connectivity index (χ0) is 11.6. The van der Waals surface area contributed by atoms with Gasteiger partial charge in [0.2, 0.25) is 0 Å². The third-order valence-electron chi connectivity index (χ3n) is 2.44. The number of hydrogen-bond donors (Lipinski definition) is 0. The van der Waals surface area contributed by atoms with Gasteiger partial charge in [-0.25, -0.2) is 0 Å². The molecule has 0 spiro atoms. The Kier molecular flexibility index (Phi) is 5.47. The molecule has 0 amide bonds. The average molecular weight is 266 g/mol. The molecule has 0 saturated carbocycles. The molecule has 0 N–H and O–H groups in total. The van der Waals surface area contributed by atoms with E-state index in [2.05, 4.69) is 0 Å². The molecular formula is C11H15NaO4S. The Balaban J connectivity index is 0.00000144. The predicted octanol–water partition coefficient (Wildman–Crippen LogP) is -1.01. The van der Waals surface area contributed by atoms with Crippen molar-refractivity contribution in [3.63, 3.8) is 0 Å². The van der Waals surface area contributed by atoms with Gasteiger partial charge in [0, 0.05) is 12.2 Å². The second-order valence-electron chi connectivity index (χ2n) is 3.83. The van der Waals surface area contributed by atoms with E-state index < -0.39 is 10.1 Å². The SMILES string of the molecule is CS(=O)(=O)Oc1ccccc1C1CCCO1.[H-].[Na+]. The molecule has 0 aliphatic carbocycles. The summed E-state index contributed by atoms with van der Waals surface area (Å²) in [5.41, 5.74) is 0.811. The first-order chi connectivity index (χ1) is 7.56. The van der Waals surface area contributed by atoms with E-state index in [1.807, 2.05) is 12.1 Å². The zero-order valence-electron chi connectivity index (χ0n) is 11.0. The first-order valence-corrected chi connectivity index (χ1v) is 6.98. The van der Waals surface area contributed by atoms with Gasteiger partial charge >= 0.3 is 39.7 Å². The van der Waals surface area contributed by atoms with Crippen molar-refractivity contribution in [2.75, 3.05) is 12.9 Å². The molecule has 1 aliphatic heterocycles. The molecule has 90 valence electrons. The van der Waals surface area contributed by atoms with Gasteiger partial charge in [0.1, 0.15) is 5.75 Å². The summed E-state index contributed by atoms with van der Waals surface area (Å²) in [6.45, 7) is 0.720. The van der Waals surface area contributed by atoms with E-state index >= 15 is 0 Å². The third-order valence-corrected chi connectivity index (χ3v) is 2.92. The topological polar surface area (TPSA) is 52.6 Å². The van der Waals surface area contributed by atoms with Gasteiger partial charge in [-0.2, -0.15) is 8.42 Å². The van der Waals surface area contributed by atoms with E-state index in [9.17, 15) is 8.42 Å². The smallest absolute Gasteiger partial charge is 1.00 e. The maximum atomic E-state index is 11.1. The van der Waals surface area contributed by atoms with E-state index in [0.29, 0.717) is 5.75 Å². The maximum Gasteiger partial charge on any atom is 1.00 e. The predicted molar refractivity (Wildman–Crippen MR) is 61.0 cm³/mol. The van der Waals surface area contributed by atoms with Gasteiger partial charge in [0.05, 0.1) is 12.4 Å². The van der Waals surface area contributed by atoms with Crippen LogP contribution in [0.3, 0.4) is 0 Å².